The van der Waals surface area contributed by atoms with Gasteiger partial charge >= 0.3 is 5.97 Å². The molecule has 18 heavy (non-hydrogen) atoms. The van der Waals surface area contributed by atoms with Crippen LogP contribution in [-0.4, -0.2) is 19.0 Å². The minimum absolute atomic E-state index is 0.0842. The van der Waals surface area contributed by atoms with Gasteiger partial charge in [0.05, 0.1) is 12.7 Å². The highest BCUT2D eigenvalue weighted by Gasteiger charge is 2.24. The van der Waals surface area contributed by atoms with Gasteiger partial charge in [0.25, 0.3) is 0 Å². The molecule has 0 bridgehead atoms. The maximum atomic E-state index is 11.5. The van der Waals surface area contributed by atoms with Crippen LogP contribution in [0.2, 0.25) is 0 Å². The fourth-order valence-electron chi connectivity index (χ4n) is 1.78. The number of hydrogen-bond acceptors (Lipinski definition) is 3. The molecule has 0 aliphatic heterocycles. The van der Waals surface area contributed by atoms with E-state index in [-0.39, 0.29) is 11.9 Å². The van der Waals surface area contributed by atoms with Gasteiger partial charge in [-0.3, -0.25) is 4.79 Å². The second kappa shape index (κ2) is 5.67. The number of esters is 1. The van der Waals surface area contributed by atoms with E-state index in [0.29, 0.717) is 24.4 Å². The van der Waals surface area contributed by atoms with Crippen molar-refractivity contribution in [3.05, 3.63) is 35.4 Å². The molecular formula is C14H17NO3. The van der Waals surface area contributed by atoms with E-state index in [0.717, 1.165) is 5.56 Å². The second-order valence-electron chi connectivity index (χ2n) is 4.62. The van der Waals surface area contributed by atoms with Gasteiger partial charge in [0, 0.05) is 13.0 Å². The Morgan fingerprint density at radius 1 is 1.39 bits per heavy atom. The van der Waals surface area contributed by atoms with E-state index in [2.05, 4.69) is 10.1 Å². The maximum absolute atomic E-state index is 11.5. The van der Waals surface area contributed by atoms with Crippen molar-refractivity contribution in [2.24, 2.45) is 5.92 Å². The number of ether oxygens (including phenoxy) is 1. The van der Waals surface area contributed by atoms with Gasteiger partial charge in [-0.2, -0.15) is 0 Å². The molecule has 0 atom stereocenters. The average molecular weight is 247 g/mol. The third-order valence-electron chi connectivity index (χ3n) is 3.01. The zero-order valence-electron chi connectivity index (χ0n) is 10.4. The Labute approximate surface area is 106 Å². The first-order chi connectivity index (χ1) is 8.69. The molecule has 1 N–H and O–H groups in total. The molecule has 0 radical (unpaired) electrons. The molecule has 0 spiro atoms. The molecule has 1 saturated carbocycles. The van der Waals surface area contributed by atoms with Crippen molar-refractivity contribution in [2.45, 2.75) is 25.8 Å². The van der Waals surface area contributed by atoms with E-state index in [9.17, 15) is 9.59 Å². The first-order valence-electron chi connectivity index (χ1n) is 6.13. The molecule has 2 rings (SSSR count). The summed E-state index contributed by atoms with van der Waals surface area (Å²) in [5.74, 6) is 0.313. The number of benzene rings is 1. The zero-order chi connectivity index (χ0) is 13.0. The van der Waals surface area contributed by atoms with Crippen LogP contribution in [0, 0.1) is 5.92 Å². The Morgan fingerprint density at radius 3 is 2.83 bits per heavy atom. The summed E-state index contributed by atoms with van der Waals surface area (Å²) >= 11 is 0. The predicted octanol–water partition coefficient (Wildman–Crippen LogP) is 1.89. The van der Waals surface area contributed by atoms with Crippen LogP contribution in [-0.2, 0) is 16.1 Å². The van der Waals surface area contributed by atoms with Gasteiger partial charge in [0.1, 0.15) is 0 Å². The van der Waals surface area contributed by atoms with Crippen molar-refractivity contribution in [1.82, 2.24) is 5.32 Å². The Kier molecular flexibility index (Phi) is 3.97. The Bertz CT molecular complexity index is 452. The number of carbonyl (C=O) groups excluding carboxylic acids is 2. The fourth-order valence-corrected chi connectivity index (χ4v) is 1.78. The second-order valence-corrected chi connectivity index (χ2v) is 4.62. The van der Waals surface area contributed by atoms with Gasteiger partial charge in [-0.1, -0.05) is 12.1 Å². The number of amides is 1. The smallest absolute Gasteiger partial charge is 0.337 e. The lowest BCUT2D eigenvalue weighted by Gasteiger charge is -2.06. The number of carbonyl (C=O) groups is 2. The normalized spacial score (nSPS) is 14.1. The summed E-state index contributed by atoms with van der Waals surface area (Å²) in [6.45, 7) is 0.455. The Morgan fingerprint density at radius 2 is 2.17 bits per heavy atom. The van der Waals surface area contributed by atoms with E-state index >= 15 is 0 Å². The van der Waals surface area contributed by atoms with Crippen molar-refractivity contribution in [3.8, 4) is 0 Å². The number of methoxy groups -OCH3 is 1. The minimum Gasteiger partial charge on any atom is -0.465 e. The van der Waals surface area contributed by atoms with Gasteiger partial charge in [-0.05, 0) is 36.5 Å². The van der Waals surface area contributed by atoms with Gasteiger partial charge in [-0.25, -0.2) is 4.79 Å². The molecule has 1 aromatic rings. The quantitative estimate of drug-likeness (QED) is 0.808. The van der Waals surface area contributed by atoms with Crippen LogP contribution in [0.1, 0.15) is 35.2 Å². The highest BCUT2D eigenvalue weighted by atomic mass is 16.5. The monoisotopic (exact) mass is 247 g/mol. The lowest BCUT2D eigenvalue weighted by molar-refractivity contribution is -0.121. The number of hydrogen-bond donors (Lipinski definition) is 1. The largest absolute Gasteiger partial charge is 0.465 e. The third kappa shape index (κ3) is 3.58. The molecule has 4 nitrogen and oxygen atoms in total. The van der Waals surface area contributed by atoms with Crippen LogP contribution in [0.5, 0.6) is 0 Å². The molecule has 1 aliphatic carbocycles. The van der Waals surface area contributed by atoms with E-state index in [1.807, 2.05) is 6.07 Å². The maximum Gasteiger partial charge on any atom is 0.337 e. The van der Waals surface area contributed by atoms with Crippen LogP contribution < -0.4 is 5.32 Å². The molecule has 0 aromatic heterocycles. The highest BCUT2D eigenvalue weighted by molar-refractivity contribution is 5.89. The van der Waals surface area contributed by atoms with E-state index < -0.39 is 0 Å². The van der Waals surface area contributed by atoms with Crippen molar-refractivity contribution in [2.75, 3.05) is 7.11 Å². The minimum atomic E-state index is -0.360. The van der Waals surface area contributed by atoms with Crippen LogP contribution >= 0.6 is 0 Å². The summed E-state index contributed by atoms with van der Waals surface area (Å²) in [5.41, 5.74) is 1.41. The van der Waals surface area contributed by atoms with Crippen molar-refractivity contribution in [3.63, 3.8) is 0 Å². The molecule has 1 aromatic carbocycles. The molecule has 0 heterocycles. The zero-order valence-corrected chi connectivity index (χ0v) is 10.4. The predicted molar refractivity (Wildman–Crippen MR) is 67.0 cm³/mol. The van der Waals surface area contributed by atoms with Crippen LogP contribution in [0.15, 0.2) is 24.3 Å². The first-order valence-corrected chi connectivity index (χ1v) is 6.13. The SMILES string of the molecule is COC(=O)c1cccc(CNC(=O)CC2CC2)c1. The topological polar surface area (TPSA) is 55.4 Å². The van der Waals surface area contributed by atoms with E-state index in [4.69, 9.17) is 0 Å². The molecule has 0 saturated heterocycles. The summed E-state index contributed by atoms with van der Waals surface area (Å²) in [6, 6.07) is 7.10. The van der Waals surface area contributed by atoms with Crippen LogP contribution in [0.4, 0.5) is 0 Å². The van der Waals surface area contributed by atoms with Crippen LogP contribution in [0.3, 0.4) is 0 Å². The summed E-state index contributed by atoms with van der Waals surface area (Å²) in [4.78, 5) is 22.9. The summed E-state index contributed by atoms with van der Waals surface area (Å²) in [7, 11) is 1.35. The standard InChI is InChI=1S/C14H17NO3/c1-18-14(17)12-4-2-3-11(7-12)9-15-13(16)8-10-5-6-10/h2-4,7,10H,5-6,8-9H2,1H3,(H,15,16). The van der Waals surface area contributed by atoms with Crippen molar-refractivity contribution >= 4 is 11.9 Å². The number of nitrogens with one attached hydrogen (secondary N) is 1. The first kappa shape index (κ1) is 12.6. The number of rotatable bonds is 5. The third-order valence-corrected chi connectivity index (χ3v) is 3.01. The summed E-state index contributed by atoms with van der Waals surface area (Å²) in [5, 5.41) is 2.86. The summed E-state index contributed by atoms with van der Waals surface area (Å²) < 4.78 is 4.65. The lowest BCUT2D eigenvalue weighted by Crippen LogP contribution is -2.23. The van der Waals surface area contributed by atoms with Crippen molar-refractivity contribution in [1.29, 1.82) is 0 Å². The molecule has 1 aliphatic rings. The molecule has 96 valence electrons. The average Bonchev–Trinajstić information content (AvgIpc) is 3.19. The van der Waals surface area contributed by atoms with Gasteiger partial charge in [0.2, 0.25) is 5.91 Å². The summed E-state index contributed by atoms with van der Waals surface area (Å²) in [6.07, 6.45) is 2.97. The molecule has 0 unspecified atom stereocenters. The van der Waals surface area contributed by atoms with Crippen LogP contribution in [0.25, 0.3) is 0 Å². The molecule has 1 amide bonds. The lowest BCUT2D eigenvalue weighted by atomic mass is 10.1. The van der Waals surface area contributed by atoms with Gasteiger partial charge in [-0.15, -0.1) is 0 Å². The van der Waals surface area contributed by atoms with Gasteiger partial charge < -0.3 is 10.1 Å². The van der Waals surface area contributed by atoms with E-state index in [1.54, 1.807) is 18.2 Å². The molecule has 4 heteroatoms. The fraction of sp³-hybridized carbons (Fsp3) is 0.429. The van der Waals surface area contributed by atoms with E-state index in [1.165, 1.54) is 20.0 Å². The Hall–Kier alpha value is -1.84. The molecular weight excluding hydrogens is 230 g/mol. The van der Waals surface area contributed by atoms with Crippen molar-refractivity contribution < 1.29 is 14.3 Å². The highest BCUT2D eigenvalue weighted by Crippen LogP contribution is 2.32. The molecule has 1 fully saturated rings. The Balaban J connectivity index is 1.88. The van der Waals surface area contributed by atoms with Gasteiger partial charge in [0.15, 0.2) is 0 Å².